The molecule has 0 heterocycles. The Hall–Kier alpha value is 1.32. The Morgan fingerprint density at radius 2 is 0.429 bits per heavy atom. The van der Waals surface area contributed by atoms with E-state index in [4.69, 9.17) is 0 Å². The van der Waals surface area contributed by atoms with Gasteiger partial charge in [-0.05, 0) is 0 Å². The van der Waals surface area contributed by atoms with Gasteiger partial charge >= 0.3 is 17.1 Å². The van der Waals surface area contributed by atoms with E-state index in [0.717, 1.165) is 0 Å². The fraction of sp³-hybridized carbons (Fsp3) is 0. The van der Waals surface area contributed by atoms with E-state index in [1.54, 1.807) is 0 Å². The summed E-state index contributed by atoms with van der Waals surface area (Å²) < 4.78 is 0. The molecule has 0 saturated carbocycles. The summed E-state index contributed by atoms with van der Waals surface area (Å²) in [6.07, 6.45) is 0. The summed E-state index contributed by atoms with van der Waals surface area (Å²) in [5, 5.41) is 0. The van der Waals surface area contributed by atoms with Gasteiger partial charge in [-0.2, -0.15) is 0 Å². The van der Waals surface area contributed by atoms with Crippen LogP contribution < -0.4 is 34.0 Å². The van der Waals surface area contributed by atoms with Crippen molar-refractivity contribution >= 4 is 0 Å². The van der Waals surface area contributed by atoms with Gasteiger partial charge < -0.3 is 55.9 Å². The molecule has 7 heteroatoms. The van der Waals surface area contributed by atoms with Gasteiger partial charge in [-0.3, -0.25) is 0 Å². The smallest absolute Gasteiger partial charge is 1.00 e. The first-order valence-electron chi connectivity index (χ1n) is 0. The maximum Gasteiger partial charge on any atom is 2.00 e. The van der Waals surface area contributed by atoms with E-state index in [2.05, 4.69) is 0 Å². The van der Waals surface area contributed by atoms with Gasteiger partial charge in [0, 0.05) is 0 Å². The summed E-state index contributed by atoms with van der Waals surface area (Å²) in [7, 11) is 0. The second kappa shape index (κ2) is 168. The van der Waals surface area contributed by atoms with Crippen molar-refractivity contribution in [3.63, 3.8) is 0 Å². The topological polar surface area (TPSA) is 126 Å². The van der Waals surface area contributed by atoms with Crippen LogP contribution in [0.4, 0.5) is 0 Å². The Bertz CT molecular complexity index is 9.65. The Labute approximate surface area is 72.9 Å². The Morgan fingerprint density at radius 3 is 0.429 bits per heavy atom. The van der Waals surface area contributed by atoms with Crippen molar-refractivity contribution in [3.05, 3.63) is 0 Å². The van der Waals surface area contributed by atoms with Gasteiger partial charge in [-0.15, -0.1) is 0 Å². The van der Waals surface area contributed by atoms with E-state index in [0.29, 0.717) is 0 Å². The predicted molar refractivity (Wildman–Crippen MR) is 14.5 cm³/mol. The summed E-state index contributed by atoms with van der Waals surface area (Å²) >= 11 is 0. The molecule has 7 heavy (non-hydrogen) atoms. The van der Waals surface area contributed by atoms with E-state index in [1.165, 1.54) is 0 Å². The second-order valence-corrected chi connectivity index (χ2v) is 0. The molecule has 0 fully saturated rings. The quantitative estimate of drug-likeness (QED) is 0.392. The minimum absolute atomic E-state index is 0. The van der Waals surface area contributed by atoms with Crippen molar-refractivity contribution in [2.75, 3.05) is 0 Å². The van der Waals surface area contributed by atoms with Gasteiger partial charge in [0.25, 0.3) is 0 Å². The van der Waals surface area contributed by atoms with Crippen molar-refractivity contribution in [1.82, 2.24) is 0 Å². The zero-order chi connectivity index (χ0) is 0. The molecule has 0 saturated heterocycles. The third kappa shape index (κ3) is 119. The largest absolute Gasteiger partial charge is 2.00 e. The molecule has 0 aliphatic carbocycles. The van der Waals surface area contributed by atoms with E-state index >= 15 is 0 Å². The van der Waals surface area contributed by atoms with Crippen LogP contribution >= 0.6 is 0 Å². The van der Waals surface area contributed by atoms with Crippen LogP contribution in [0, 0.1) is 0 Å². The standard InChI is InChI=1S/2BrH.Fe.4H2O/h2*1H;;4*1H2/q;;+2;;;;/p-2. The molecular weight excluding hydrogens is 280 g/mol. The molecule has 8 N–H and O–H groups in total. The van der Waals surface area contributed by atoms with Crippen molar-refractivity contribution in [2.24, 2.45) is 0 Å². The summed E-state index contributed by atoms with van der Waals surface area (Å²) in [5.74, 6) is 0. The summed E-state index contributed by atoms with van der Waals surface area (Å²) in [6, 6.07) is 0. The maximum atomic E-state index is 0. The monoisotopic (exact) mass is 286 g/mol. The first-order chi connectivity index (χ1) is 0. The predicted octanol–water partition coefficient (Wildman–Crippen LogP) is -9.29. The van der Waals surface area contributed by atoms with E-state index in [9.17, 15) is 0 Å². The SMILES string of the molecule is O.O.O.O.[Br-].[Br-].[Fe+2]. The molecule has 0 atom stereocenters. The Balaban J connectivity index is 0. The Kier molecular flexibility index (Phi) is 6140. The van der Waals surface area contributed by atoms with Crippen molar-refractivity contribution in [3.8, 4) is 0 Å². The van der Waals surface area contributed by atoms with Crippen LogP contribution in [-0.4, -0.2) is 21.9 Å². The molecule has 0 unspecified atom stereocenters. The molecule has 0 aliphatic rings. The van der Waals surface area contributed by atoms with Crippen molar-refractivity contribution in [1.29, 1.82) is 0 Å². The van der Waals surface area contributed by atoms with Crippen LogP contribution in [0.25, 0.3) is 0 Å². The maximum absolute atomic E-state index is 0. The molecule has 0 aromatic rings. The number of rotatable bonds is 0. The van der Waals surface area contributed by atoms with Crippen molar-refractivity contribution in [2.45, 2.75) is 0 Å². The zero-order valence-electron chi connectivity index (χ0n) is 3.11. The molecule has 0 radical (unpaired) electrons. The minimum atomic E-state index is 0. The first-order valence-corrected chi connectivity index (χ1v) is 0. The van der Waals surface area contributed by atoms with Crippen LogP contribution in [0.5, 0.6) is 0 Å². The third-order valence-electron chi connectivity index (χ3n) is 0. The van der Waals surface area contributed by atoms with Gasteiger partial charge in [0.2, 0.25) is 0 Å². The van der Waals surface area contributed by atoms with Crippen LogP contribution in [0.1, 0.15) is 0 Å². The van der Waals surface area contributed by atoms with Crippen LogP contribution in [-0.2, 0) is 17.1 Å². The van der Waals surface area contributed by atoms with Crippen LogP contribution in [0.2, 0.25) is 0 Å². The molecule has 0 aromatic carbocycles. The third-order valence-corrected chi connectivity index (χ3v) is 0. The minimum Gasteiger partial charge on any atom is -1.00 e. The van der Waals surface area contributed by atoms with Crippen LogP contribution in [0.3, 0.4) is 0 Å². The fourth-order valence-electron chi connectivity index (χ4n) is 0. The van der Waals surface area contributed by atoms with Gasteiger partial charge in [-0.1, -0.05) is 0 Å². The molecule has 0 spiro atoms. The molecule has 0 aromatic heterocycles. The molecular formula is H8Br2FeO4. The second-order valence-electron chi connectivity index (χ2n) is 0. The van der Waals surface area contributed by atoms with Crippen LogP contribution in [0.15, 0.2) is 0 Å². The number of hydrogen-bond donors (Lipinski definition) is 0. The van der Waals surface area contributed by atoms with E-state index in [-0.39, 0.29) is 72.9 Å². The van der Waals surface area contributed by atoms with E-state index in [1.807, 2.05) is 0 Å². The van der Waals surface area contributed by atoms with Gasteiger partial charge in [0.15, 0.2) is 0 Å². The van der Waals surface area contributed by atoms with E-state index < -0.39 is 0 Å². The summed E-state index contributed by atoms with van der Waals surface area (Å²) in [4.78, 5) is 0. The van der Waals surface area contributed by atoms with Gasteiger partial charge in [-0.25, -0.2) is 0 Å². The van der Waals surface area contributed by atoms with Gasteiger partial charge in [0.05, 0.1) is 0 Å². The number of hydrogen-bond acceptors (Lipinski definition) is 0. The average Bonchev–Trinajstić information content (AvgIpc) is 0. The molecule has 0 rings (SSSR count). The summed E-state index contributed by atoms with van der Waals surface area (Å²) in [6.45, 7) is 0. The molecule has 54 valence electrons. The molecule has 0 bridgehead atoms. The fourth-order valence-corrected chi connectivity index (χ4v) is 0. The zero-order valence-corrected chi connectivity index (χ0v) is 7.39. The average molecular weight is 288 g/mol. The van der Waals surface area contributed by atoms with Gasteiger partial charge in [0.1, 0.15) is 0 Å². The first kappa shape index (κ1) is 256. The molecule has 4 nitrogen and oxygen atoms in total. The molecule has 0 aliphatic heterocycles. The normalized spacial score (nSPS) is 0. The number of halogens is 2. The van der Waals surface area contributed by atoms with Crippen molar-refractivity contribution < 1.29 is 72.9 Å². The molecule has 0 amide bonds. The Morgan fingerprint density at radius 1 is 0.429 bits per heavy atom. The summed E-state index contributed by atoms with van der Waals surface area (Å²) in [5.41, 5.74) is 0.